The van der Waals surface area contributed by atoms with Crippen molar-refractivity contribution in [2.75, 3.05) is 0 Å². The molecule has 0 aliphatic rings. The van der Waals surface area contributed by atoms with E-state index < -0.39 is 6.04 Å². The van der Waals surface area contributed by atoms with E-state index in [0.29, 0.717) is 19.4 Å². The summed E-state index contributed by atoms with van der Waals surface area (Å²) in [6, 6.07) is 17.6. The first kappa shape index (κ1) is 21.7. The molecule has 0 unspecified atom stereocenters. The van der Waals surface area contributed by atoms with Crippen LogP contribution in [0.3, 0.4) is 0 Å². The summed E-state index contributed by atoms with van der Waals surface area (Å²) in [5.41, 5.74) is 3.25. The molecule has 0 aliphatic carbocycles. The van der Waals surface area contributed by atoms with Crippen molar-refractivity contribution < 1.29 is 9.59 Å². The number of hydrogen-bond acceptors (Lipinski definition) is 2. The van der Waals surface area contributed by atoms with Crippen LogP contribution in [-0.2, 0) is 22.6 Å². The average Bonchev–Trinajstić information content (AvgIpc) is 2.71. The van der Waals surface area contributed by atoms with Gasteiger partial charge in [-0.25, -0.2) is 0 Å². The Morgan fingerprint density at radius 3 is 2.18 bits per heavy atom. The molecule has 0 spiro atoms. The van der Waals surface area contributed by atoms with Crippen molar-refractivity contribution in [3.05, 3.63) is 71.3 Å². The lowest BCUT2D eigenvalue weighted by Crippen LogP contribution is -2.52. The lowest BCUT2D eigenvalue weighted by Gasteiger charge is -2.32. The van der Waals surface area contributed by atoms with Crippen molar-refractivity contribution in [1.82, 2.24) is 10.2 Å². The van der Waals surface area contributed by atoms with Crippen LogP contribution in [0.1, 0.15) is 50.3 Å². The minimum absolute atomic E-state index is 0.0131. The summed E-state index contributed by atoms with van der Waals surface area (Å²) < 4.78 is 0. The van der Waals surface area contributed by atoms with Crippen LogP contribution in [0.5, 0.6) is 0 Å². The second-order valence-corrected chi connectivity index (χ2v) is 7.38. The van der Waals surface area contributed by atoms with Crippen molar-refractivity contribution in [2.45, 2.75) is 65.6 Å². The van der Waals surface area contributed by atoms with Crippen LogP contribution in [0, 0.1) is 6.92 Å². The van der Waals surface area contributed by atoms with E-state index >= 15 is 0 Å². The molecular formula is C24H32N2O2. The minimum Gasteiger partial charge on any atom is -0.352 e. The largest absolute Gasteiger partial charge is 0.352 e. The van der Waals surface area contributed by atoms with Crippen LogP contribution in [0.25, 0.3) is 0 Å². The van der Waals surface area contributed by atoms with Crippen LogP contribution < -0.4 is 5.32 Å². The lowest BCUT2D eigenvalue weighted by atomic mass is 10.0. The number of rotatable bonds is 9. The number of carbonyl (C=O) groups excluding carboxylic acids is 2. The number of benzene rings is 2. The molecule has 2 amide bonds. The third-order valence-corrected chi connectivity index (χ3v) is 5.05. The van der Waals surface area contributed by atoms with E-state index in [9.17, 15) is 9.59 Å². The van der Waals surface area contributed by atoms with Gasteiger partial charge in [-0.3, -0.25) is 9.59 Å². The molecule has 0 fully saturated rings. The van der Waals surface area contributed by atoms with Gasteiger partial charge in [0.1, 0.15) is 6.04 Å². The van der Waals surface area contributed by atoms with Gasteiger partial charge >= 0.3 is 0 Å². The molecule has 0 aliphatic heterocycles. The SMILES string of the molecule is CCC(=O)N(Cc1ccc(C)cc1)[C@@H](Cc1ccccc1)C(=O)N[C@@H](C)CC. The molecule has 2 aromatic rings. The van der Waals surface area contributed by atoms with E-state index in [2.05, 4.69) is 5.32 Å². The van der Waals surface area contributed by atoms with Gasteiger partial charge in [0.05, 0.1) is 0 Å². The minimum atomic E-state index is -0.537. The Kier molecular flexibility index (Phi) is 8.24. The van der Waals surface area contributed by atoms with Crippen LogP contribution in [0.2, 0.25) is 0 Å². The van der Waals surface area contributed by atoms with E-state index in [4.69, 9.17) is 0 Å². The third-order valence-electron chi connectivity index (χ3n) is 5.05. The molecule has 2 rings (SSSR count). The fourth-order valence-corrected chi connectivity index (χ4v) is 3.09. The summed E-state index contributed by atoms with van der Waals surface area (Å²) in [6.07, 6.45) is 1.72. The first-order valence-electron chi connectivity index (χ1n) is 10.1. The van der Waals surface area contributed by atoms with Crippen molar-refractivity contribution in [3.63, 3.8) is 0 Å². The highest BCUT2D eigenvalue weighted by molar-refractivity contribution is 5.88. The van der Waals surface area contributed by atoms with E-state index in [1.807, 2.05) is 82.3 Å². The zero-order valence-electron chi connectivity index (χ0n) is 17.4. The molecule has 0 saturated heterocycles. The Labute approximate surface area is 169 Å². The number of carbonyl (C=O) groups is 2. The number of amides is 2. The van der Waals surface area contributed by atoms with E-state index in [1.54, 1.807) is 4.90 Å². The first-order valence-corrected chi connectivity index (χ1v) is 10.1. The molecule has 4 heteroatoms. The predicted octanol–water partition coefficient (Wildman–Crippen LogP) is 4.26. The summed E-state index contributed by atoms with van der Waals surface area (Å²) in [5, 5.41) is 3.07. The van der Waals surface area contributed by atoms with E-state index in [1.165, 1.54) is 5.56 Å². The summed E-state index contributed by atoms with van der Waals surface area (Å²) in [7, 11) is 0. The molecule has 0 radical (unpaired) electrons. The lowest BCUT2D eigenvalue weighted by molar-refractivity contribution is -0.141. The summed E-state index contributed by atoms with van der Waals surface area (Å²) in [5.74, 6) is -0.104. The van der Waals surface area contributed by atoms with Crippen molar-refractivity contribution in [1.29, 1.82) is 0 Å². The normalized spacial score (nSPS) is 12.9. The molecule has 28 heavy (non-hydrogen) atoms. The smallest absolute Gasteiger partial charge is 0.243 e. The molecule has 2 atom stereocenters. The second kappa shape index (κ2) is 10.6. The van der Waals surface area contributed by atoms with E-state index in [0.717, 1.165) is 17.5 Å². The fourth-order valence-electron chi connectivity index (χ4n) is 3.09. The summed E-state index contributed by atoms with van der Waals surface area (Å²) in [4.78, 5) is 27.7. The zero-order chi connectivity index (χ0) is 20.5. The summed E-state index contributed by atoms with van der Waals surface area (Å²) in [6.45, 7) is 8.34. The molecule has 2 aromatic carbocycles. The Hall–Kier alpha value is -2.62. The number of nitrogens with one attached hydrogen (secondary N) is 1. The van der Waals surface area contributed by atoms with Crippen LogP contribution in [0.4, 0.5) is 0 Å². The van der Waals surface area contributed by atoms with Crippen LogP contribution in [-0.4, -0.2) is 28.8 Å². The van der Waals surface area contributed by atoms with Crippen molar-refractivity contribution >= 4 is 11.8 Å². The van der Waals surface area contributed by atoms with Gasteiger partial charge in [-0.2, -0.15) is 0 Å². The van der Waals surface area contributed by atoms with Gasteiger partial charge < -0.3 is 10.2 Å². The van der Waals surface area contributed by atoms with Crippen LogP contribution >= 0.6 is 0 Å². The van der Waals surface area contributed by atoms with E-state index in [-0.39, 0.29) is 17.9 Å². The first-order chi connectivity index (χ1) is 13.4. The highest BCUT2D eigenvalue weighted by Gasteiger charge is 2.30. The Balaban J connectivity index is 2.33. The van der Waals surface area contributed by atoms with Crippen LogP contribution in [0.15, 0.2) is 54.6 Å². The molecule has 0 saturated carbocycles. The molecule has 0 bridgehead atoms. The Bertz CT molecular complexity index is 756. The van der Waals surface area contributed by atoms with Crippen molar-refractivity contribution in [2.24, 2.45) is 0 Å². The highest BCUT2D eigenvalue weighted by Crippen LogP contribution is 2.16. The number of aryl methyl sites for hydroxylation is 1. The monoisotopic (exact) mass is 380 g/mol. The number of nitrogens with zero attached hydrogens (tertiary/aromatic N) is 1. The predicted molar refractivity (Wildman–Crippen MR) is 114 cm³/mol. The van der Waals surface area contributed by atoms with Gasteiger partial charge in [0.25, 0.3) is 0 Å². The topological polar surface area (TPSA) is 49.4 Å². The van der Waals surface area contributed by atoms with Gasteiger partial charge in [-0.15, -0.1) is 0 Å². The molecular weight excluding hydrogens is 348 g/mol. The maximum absolute atomic E-state index is 13.1. The quantitative estimate of drug-likeness (QED) is 0.707. The van der Waals surface area contributed by atoms with Gasteiger partial charge in [-0.1, -0.05) is 74.0 Å². The third kappa shape index (κ3) is 6.22. The van der Waals surface area contributed by atoms with Gasteiger partial charge in [-0.05, 0) is 31.4 Å². The Morgan fingerprint density at radius 1 is 0.964 bits per heavy atom. The van der Waals surface area contributed by atoms with Gasteiger partial charge in [0, 0.05) is 25.4 Å². The van der Waals surface area contributed by atoms with Crippen molar-refractivity contribution in [3.8, 4) is 0 Å². The molecule has 0 aromatic heterocycles. The molecule has 0 heterocycles. The Morgan fingerprint density at radius 2 is 1.61 bits per heavy atom. The molecule has 4 nitrogen and oxygen atoms in total. The van der Waals surface area contributed by atoms with Gasteiger partial charge in [0.15, 0.2) is 0 Å². The maximum Gasteiger partial charge on any atom is 0.243 e. The maximum atomic E-state index is 13.1. The highest BCUT2D eigenvalue weighted by atomic mass is 16.2. The number of hydrogen-bond donors (Lipinski definition) is 1. The molecule has 1 N–H and O–H groups in total. The van der Waals surface area contributed by atoms with Gasteiger partial charge in [0.2, 0.25) is 11.8 Å². The molecule has 150 valence electrons. The second-order valence-electron chi connectivity index (χ2n) is 7.38. The average molecular weight is 381 g/mol. The zero-order valence-corrected chi connectivity index (χ0v) is 17.4. The fraction of sp³-hybridized carbons (Fsp3) is 0.417. The standard InChI is InChI=1S/C24H32N2O2/c1-5-19(4)25-24(28)22(16-20-10-8-7-9-11-20)26(23(27)6-2)17-21-14-12-18(3)13-15-21/h7-15,19,22H,5-6,16-17H2,1-4H3,(H,25,28)/t19-,22-/m0/s1. The summed E-state index contributed by atoms with van der Waals surface area (Å²) >= 11 is 0.